The number of fused-ring (bicyclic) bond motifs is 7. The zero-order valence-electron chi connectivity index (χ0n) is 57.1. The number of rotatable bonds is 18. The molecule has 6 fully saturated rings. The number of methoxy groups -OCH3 is 3. The number of ketones is 1. The summed E-state index contributed by atoms with van der Waals surface area (Å²) in [7, 11) is 3.45. The molecule has 6 N–H and O–H groups in total. The van der Waals surface area contributed by atoms with Gasteiger partial charge in [0, 0.05) is 46.1 Å². The summed E-state index contributed by atoms with van der Waals surface area (Å²) < 4.78 is 70.2. The van der Waals surface area contributed by atoms with Gasteiger partial charge in [0.05, 0.1) is 27.4 Å². The molecule has 7 rings (SSSR count). The van der Waals surface area contributed by atoms with E-state index in [-0.39, 0.29) is 29.5 Å². The van der Waals surface area contributed by atoms with Crippen LogP contribution < -0.4 is 31.9 Å². The van der Waals surface area contributed by atoms with E-state index in [2.05, 4.69) is 59.6 Å². The number of carbonyl (C=O) groups excluding carboxylic acids is 12. The van der Waals surface area contributed by atoms with Gasteiger partial charge in [0.1, 0.15) is 18.1 Å². The second-order valence-electron chi connectivity index (χ2n) is 28.1. The van der Waals surface area contributed by atoms with Crippen molar-refractivity contribution in [2.45, 2.75) is 253 Å². The van der Waals surface area contributed by atoms with Gasteiger partial charge in [-0.05, 0) is 130 Å². The van der Waals surface area contributed by atoms with Crippen molar-refractivity contribution in [1.82, 2.24) is 31.9 Å². The third kappa shape index (κ3) is 15.2. The predicted octanol–water partition coefficient (Wildman–Crippen LogP) is 4.10. The molecule has 526 valence electrons. The van der Waals surface area contributed by atoms with Gasteiger partial charge in [-0.25, -0.2) is 28.8 Å². The average Bonchev–Trinajstić information content (AvgIpc) is 0.674. The van der Waals surface area contributed by atoms with Crippen LogP contribution in [0.3, 0.4) is 0 Å². The average molecular weight is 1330 g/mol. The maximum Gasteiger partial charge on any atom is 0.328 e. The van der Waals surface area contributed by atoms with E-state index in [9.17, 15) is 52.7 Å². The van der Waals surface area contributed by atoms with Crippen LogP contribution in [0.5, 0.6) is 0 Å². The van der Waals surface area contributed by atoms with Crippen LogP contribution in [0.15, 0.2) is 11.6 Å². The summed E-state index contributed by atoms with van der Waals surface area (Å²) in [6.07, 6.45) is -12.3. The third-order valence-electron chi connectivity index (χ3n) is 21.3. The molecule has 30 heteroatoms. The fourth-order valence-corrected chi connectivity index (χ4v) is 16.6. The van der Waals surface area contributed by atoms with Crippen LogP contribution in [0.1, 0.15) is 162 Å². The van der Waals surface area contributed by atoms with Crippen molar-refractivity contribution in [3.63, 3.8) is 0 Å². The normalized spacial score (nSPS) is 37.2. The van der Waals surface area contributed by atoms with Crippen LogP contribution in [0.2, 0.25) is 0 Å². The molecule has 0 bridgehead atoms. The summed E-state index contributed by atoms with van der Waals surface area (Å²) in [5, 5.41) is 15.6. The topological polar surface area (TPSA) is 388 Å². The molecule has 2 saturated heterocycles. The highest BCUT2D eigenvalue weighted by Gasteiger charge is 2.71. The van der Waals surface area contributed by atoms with Crippen LogP contribution in [0.4, 0.5) is 14.4 Å². The van der Waals surface area contributed by atoms with Crippen LogP contribution in [0.25, 0.3) is 0 Å². The highest BCUT2D eigenvalue weighted by Crippen LogP contribution is 2.75. The molecule has 0 radical (unpaired) electrons. The number of allylic oxidation sites excluding steroid dienone is 2. The largest absolute Gasteiger partial charge is 0.467 e. The summed E-state index contributed by atoms with van der Waals surface area (Å²) in [5.74, 6) is -8.08. The van der Waals surface area contributed by atoms with E-state index >= 15 is 4.79 Å². The zero-order chi connectivity index (χ0) is 70.1. The summed E-state index contributed by atoms with van der Waals surface area (Å²) in [4.78, 5) is 160. The Kier molecular flexibility index (Phi) is 22.6. The number of ether oxygens (including phenoxy) is 12. The maximum atomic E-state index is 15.6. The monoisotopic (exact) mass is 1330 g/mol. The summed E-state index contributed by atoms with van der Waals surface area (Å²) in [5.41, 5.74) is -2.31. The van der Waals surface area contributed by atoms with Gasteiger partial charge < -0.3 is 88.7 Å². The minimum Gasteiger partial charge on any atom is -0.467 e. The number of hydrogen-bond acceptors (Lipinski definition) is 24. The summed E-state index contributed by atoms with van der Waals surface area (Å²) in [6.45, 7) is 24.2. The van der Waals surface area contributed by atoms with Gasteiger partial charge in [-0.2, -0.15) is 0 Å². The van der Waals surface area contributed by atoms with E-state index in [1.165, 1.54) is 21.0 Å². The second-order valence-corrected chi connectivity index (χ2v) is 28.1. The molecule has 5 aliphatic carbocycles. The molecule has 2 aliphatic heterocycles. The number of hydrogen-bond donors (Lipinski definition) is 6. The van der Waals surface area contributed by atoms with E-state index in [4.69, 9.17) is 56.8 Å². The molecule has 0 aromatic carbocycles. The first-order chi connectivity index (χ1) is 43.7. The fraction of sp³-hybridized carbons (Fsp3) is 0.781. The van der Waals surface area contributed by atoms with Crippen molar-refractivity contribution in [2.24, 2.45) is 44.8 Å². The van der Waals surface area contributed by atoms with Crippen molar-refractivity contribution in [2.75, 3.05) is 21.3 Å². The Hall–Kier alpha value is -7.18. The van der Waals surface area contributed by atoms with Crippen LogP contribution in [-0.4, -0.2) is 184 Å². The molecule has 22 atom stereocenters. The van der Waals surface area contributed by atoms with E-state index < -0.39 is 185 Å². The van der Waals surface area contributed by atoms with Crippen molar-refractivity contribution in [3.8, 4) is 0 Å². The number of carbonyl (C=O) groups is 12. The van der Waals surface area contributed by atoms with Crippen molar-refractivity contribution < 1.29 is 114 Å². The Morgan fingerprint density at radius 1 is 0.511 bits per heavy atom. The molecule has 2 heterocycles. The summed E-state index contributed by atoms with van der Waals surface area (Å²) >= 11 is 0. The smallest absolute Gasteiger partial charge is 0.328 e. The molecule has 6 amide bonds. The quantitative estimate of drug-likeness (QED) is 0.0639. The zero-order valence-corrected chi connectivity index (χ0v) is 57.1. The number of amides is 6. The maximum absolute atomic E-state index is 15.6. The molecule has 0 aromatic rings. The lowest BCUT2D eigenvalue weighted by Crippen LogP contribution is -2.71. The van der Waals surface area contributed by atoms with Crippen LogP contribution in [0, 0.1) is 44.8 Å². The second kappa shape index (κ2) is 28.6. The lowest BCUT2D eigenvalue weighted by Gasteiger charge is -2.70. The van der Waals surface area contributed by atoms with Gasteiger partial charge in [0.15, 0.2) is 61.2 Å². The molecular weight excluding hydrogens is 1240 g/mol. The van der Waals surface area contributed by atoms with E-state index in [0.29, 0.717) is 32.1 Å². The van der Waals surface area contributed by atoms with Gasteiger partial charge in [0.25, 0.3) is 0 Å². The van der Waals surface area contributed by atoms with E-state index in [1.54, 1.807) is 6.92 Å². The van der Waals surface area contributed by atoms with Crippen molar-refractivity contribution >= 4 is 71.6 Å². The Morgan fingerprint density at radius 2 is 0.936 bits per heavy atom. The Bertz CT molecular complexity index is 3000. The minimum absolute atomic E-state index is 0.00562. The lowest BCUT2D eigenvalue weighted by atomic mass is 9.33. The first-order valence-electron chi connectivity index (χ1n) is 31.9. The van der Waals surface area contributed by atoms with Crippen LogP contribution >= 0.6 is 0 Å². The first-order valence-corrected chi connectivity index (χ1v) is 31.9. The third-order valence-corrected chi connectivity index (χ3v) is 21.3. The molecule has 0 unspecified atom stereocenters. The highest BCUT2D eigenvalue weighted by molar-refractivity contribution is 5.96. The predicted molar refractivity (Wildman–Crippen MR) is 324 cm³/mol. The van der Waals surface area contributed by atoms with Gasteiger partial charge in [-0.1, -0.05) is 47.1 Å². The molecule has 0 spiro atoms. The highest BCUT2D eigenvalue weighted by atomic mass is 16.8. The molecule has 0 aromatic heterocycles. The lowest BCUT2D eigenvalue weighted by molar-refractivity contribution is -0.378. The van der Waals surface area contributed by atoms with E-state index in [0.717, 1.165) is 73.7 Å². The Balaban J connectivity index is 1.29. The summed E-state index contributed by atoms with van der Waals surface area (Å²) in [6, 6.07) is -6.06. The van der Waals surface area contributed by atoms with Crippen molar-refractivity contribution in [3.05, 3.63) is 11.6 Å². The fourth-order valence-electron chi connectivity index (χ4n) is 16.6. The molecule has 4 saturated carbocycles. The standard InChI is InChI=1S/C64H96N6O24/c1-29(51(77)83-16)65-56(80)68-49-45(89-35(7)74)43(87-33(5)72)47(92-55-46(90-36(8)75)42(86-32(4)71)44(88-34(6)73)50(94-55)69-57(81)66-30(2)52(78)84-17)54(93-49)91-41-20-21-62(13)40(59(41,9)10)19-22-64(15)48(62)39(76)27-37-38-28-61(12,70-58(82)67-31(3)53(79)85-18)25-23-60(38,11)24-26-63(37,64)14/h27,29-31,38,40-50,54-55H,19-26,28H2,1-18H3,(H2,65,68,80)(H2,66,69,81)(H2,67,70,82)/t29-,30-,31-,38-,40-,41-,42-,43-,44-,45-,46+,47+,48+,49-,50+,54+,55+,60+,61-,62-,63+,64+/m0/s1. The first kappa shape index (κ1) is 74.2. The molecular formula is C64H96N6O24. The molecule has 7 aliphatic rings. The van der Waals surface area contributed by atoms with E-state index in [1.807, 2.05) is 26.8 Å². The van der Waals surface area contributed by atoms with Gasteiger partial charge in [-0.15, -0.1) is 0 Å². The number of urea groups is 3. The van der Waals surface area contributed by atoms with Crippen molar-refractivity contribution in [1.29, 1.82) is 0 Å². The Labute approximate surface area is 547 Å². The van der Waals surface area contributed by atoms with Gasteiger partial charge in [-0.3, -0.25) is 28.8 Å². The molecule has 30 nitrogen and oxygen atoms in total. The number of nitrogens with one attached hydrogen (secondary N) is 6. The Morgan fingerprint density at radius 3 is 1.40 bits per heavy atom. The SMILES string of the molecule is COC(=O)[C@H](C)NC(=O)N[C@@H]1O[C@@H](O[C@H]2[C@H](O[C@H]3CC[C@]4(C)[C@H]5C(=O)C=C6[C@@H]7C[C@@](C)(NC(=O)N[C@@H](C)C(=O)OC)CC[C@]7(C)CC[C@@]6(C)[C@]5(C)CC[C@H]4C3(C)C)O[C@H](NC(=O)N[C@@H](C)C(=O)OC)[C@@H](OC(C)=O)[C@@H]2OC(C)=O)[C@H](OC(C)=O)[C@@H](OC(C)=O)[C@@H]1OC(C)=O. The van der Waals surface area contributed by atoms with Gasteiger partial charge in [0.2, 0.25) is 6.29 Å². The van der Waals surface area contributed by atoms with Crippen LogP contribution in [-0.2, 0) is 100.0 Å². The number of esters is 8. The van der Waals surface area contributed by atoms with Gasteiger partial charge >= 0.3 is 65.8 Å². The minimum atomic E-state index is -2.10. The molecule has 94 heavy (non-hydrogen) atoms.